The number of sulfonamides is 1. The van der Waals surface area contributed by atoms with Gasteiger partial charge in [0, 0.05) is 11.9 Å². The average Bonchev–Trinajstić information content (AvgIpc) is 2.74. The molecule has 2 aromatic heterocycles. The van der Waals surface area contributed by atoms with Crippen LogP contribution in [-0.4, -0.2) is 39.2 Å². The highest BCUT2D eigenvalue weighted by Gasteiger charge is 2.19. The van der Waals surface area contributed by atoms with Gasteiger partial charge in [-0.3, -0.25) is 9.48 Å². The molecule has 2 heterocycles. The molecular formula is C10H10ClN5O4S. The molecule has 11 heteroatoms. The molecule has 0 unspecified atom stereocenters. The highest BCUT2D eigenvalue weighted by molar-refractivity contribution is 7.92. The maximum atomic E-state index is 12.1. The zero-order valence-electron chi connectivity index (χ0n) is 10.7. The van der Waals surface area contributed by atoms with Crippen molar-refractivity contribution in [1.29, 1.82) is 0 Å². The standard InChI is InChI=1S/C10H10ClN5O4S/c1-6-2-8(11)14-10(13-6)15-21(19,20)7-3-12-16(4-7)5-9(17)18/h2-4H,5H2,1H3,(H,17,18)(H,13,14,15). The molecule has 0 aliphatic heterocycles. The van der Waals surface area contributed by atoms with Gasteiger partial charge in [0.1, 0.15) is 16.6 Å². The maximum absolute atomic E-state index is 12.1. The fraction of sp³-hybridized carbons (Fsp3) is 0.200. The van der Waals surface area contributed by atoms with Gasteiger partial charge >= 0.3 is 5.97 Å². The zero-order chi connectivity index (χ0) is 15.6. The van der Waals surface area contributed by atoms with Gasteiger partial charge in [-0.25, -0.2) is 23.1 Å². The topological polar surface area (TPSA) is 127 Å². The summed E-state index contributed by atoms with van der Waals surface area (Å²) in [4.78, 5) is 18.0. The van der Waals surface area contributed by atoms with Crippen molar-refractivity contribution in [3.63, 3.8) is 0 Å². The molecule has 112 valence electrons. The first-order valence-electron chi connectivity index (χ1n) is 5.54. The predicted octanol–water partition coefficient (Wildman–Crippen LogP) is 0.520. The second kappa shape index (κ2) is 5.66. The van der Waals surface area contributed by atoms with Crippen LogP contribution in [0.5, 0.6) is 0 Å². The van der Waals surface area contributed by atoms with Crippen LogP contribution in [0.4, 0.5) is 5.95 Å². The molecule has 0 saturated carbocycles. The summed E-state index contributed by atoms with van der Waals surface area (Å²) >= 11 is 5.72. The normalized spacial score (nSPS) is 11.3. The minimum atomic E-state index is -3.97. The third-order valence-corrected chi connectivity index (χ3v) is 3.74. The second-order valence-electron chi connectivity index (χ2n) is 4.03. The van der Waals surface area contributed by atoms with Crippen molar-refractivity contribution in [2.45, 2.75) is 18.4 Å². The Hall–Kier alpha value is -2.20. The Labute approximate surface area is 124 Å². The van der Waals surface area contributed by atoms with Crippen LogP contribution in [0.15, 0.2) is 23.4 Å². The molecule has 2 aromatic rings. The molecule has 0 saturated heterocycles. The van der Waals surface area contributed by atoms with E-state index in [0.717, 1.165) is 17.1 Å². The Morgan fingerprint density at radius 1 is 1.48 bits per heavy atom. The number of aliphatic carboxylic acids is 1. The fourth-order valence-electron chi connectivity index (χ4n) is 1.46. The summed E-state index contributed by atoms with van der Waals surface area (Å²) in [6, 6.07) is 1.48. The number of aromatic nitrogens is 4. The van der Waals surface area contributed by atoms with E-state index in [4.69, 9.17) is 16.7 Å². The summed E-state index contributed by atoms with van der Waals surface area (Å²) in [6.45, 7) is 1.19. The van der Waals surface area contributed by atoms with Gasteiger partial charge in [0.25, 0.3) is 10.0 Å². The van der Waals surface area contributed by atoms with Crippen LogP contribution in [0.3, 0.4) is 0 Å². The Kier molecular flexibility index (Phi) is 4.09. The summed E-state index contributed by atoms with van der Waals surface area (Å²) < 4.78 is 27.3. The first kappa shape index (κ1) is 15.2. The molecule has 0 aromatic carbocycles. The van der Waals surface area contributed by atoms with E-state index in [1.807, 2.05) is 0 Å². The lowest BCUT2D eigenvalue weighted by Crippen LogP contribution is -2.15. The molecule has 0 aliphatic carbocycles. The van der Waals surface area contributed by atoms with E-state index in [2.05, 4.69) is 19.8 Å². The van der Waals surface area contributed by atoms with E-state index in [1.165, 1.54) is 6.07 Å². The molecule has 2 N–H and O–H groups in total. The van der Waals surface area contributed by atoms with Crippen molar-refractivity contribution in [3.8, 4) is 0 Å². The number of hydrogen-bond donors (Lipinski definition) is 2. The quantitative estimate of drug-likeness (QED) is 0.764. The molecule has 9 nitrogen and oxygen atoms in total. The summed E-state index contributed by atoms with van der Waals surface area (Å²) in [6.07, 6.45) is 2.12. The molecule has 0 fully saturated rings. The van der Waals surface area contributed by atoms with Crippen LogP contribution in [-0.2, 0) is 21.4 Å². The molecule has 2 rings (SSSR count). The number of carboxylic acids is 1. The third-order valence-electron chi connectivity index (χ3n) is 2.27. The molecule has 0 aliphatic rings. The average molecular weight is 332 g/mol. The molecular weight excluding hydrogens is 322 g/mol. The number of aryl methyl sites for hydroxylation is 1. The number of rotatable bonds is 5. The molecule has 0 bridgehead atoms. The second-order valence-corrected chi connectivity index (χ2v) is 6.10. The largest absolute Gasteiger partial charge is 0.480 e. The monoisotopic (exact) mass is 331 g/mol. The summed E-state index contributed by atoms with van der Waals surface area (Å²) in [5, 5.41) is 12.4. The van der Waals surface area contributed by atoms with Gasteiger partial charge in [0.2, 0.25) is 5.95 Å². The first-order valence-corrected chi connectivity index (χ1v) is 7.40. The Morgan fingerprint density at radius 2 is 2.19 bits per heavy atom. The van der Waals surface area contributed by atoms with Gasteiger partial charge in [-0.05, 0) is 13.0 Å². The van der Waals surface area contributed by atoms with Crippen LogP contribution in [0.25, 0.3) is 0 Å². The summed E-state index contributed by atoms with van der Waals surface area (Å²) in [7, 11) is -3.97. The lowest BCUT2D eigenvalue weighted by Gasteiger charge is -2.05. The zero-order valence-corrected chi connectivity index (χ0v) is 12.3. The highest BCUT2D eigenvalue weighted by Crippen LogP contribution is 2.15. The van der Waals surface area contributed by atoms with E-state index in [1.54, 1.807) is 6.92 Å². The number of carboxylic acid groups (broad SMARTS) is 1. The minimum absolute atomic E-state index is 0.0989. The molecule has 0 amide bonds. The summed E-state index contributed by atoms with van der Waals surface area (Å²) in [5.74, 6) is -1.31. The molecule has 0 atom stereocenters. The minimum Gasteiger partial charge on any atom is -0.480 e. The Morgan fingerprint density at radius 3 is 2.81 bits per heavy atom. The van der Waals surface area contributed by atoms with Gasteiger partial charge in [0.15, 0.2) is 0 Å². The van der Waals surface area contributed by atoms with Crippen molar-refractivity contribution >= 4 is 33.5 Å². The third kappa shape index (κ3) is 3.89. The van der Waals surface area contributed by atoms with Gasteiger partial charge < -0.3 is 5.11 Å². The number of nitrogens with zero attached hydrogens (tertiary/aromatic N) is 4. The number of halogens is 1. The predicted molar refractivity (Wildman–Crippen MR) is 72.5 cm³/mol. The molecule has 0 spiro atoms. The van der Waals surface area contributed by atoms with Gasteiger partial charge in [-0.2, -0.15) is 5.10 Å². The number of nitrogens with one attached hydrogen (secondary N) is 1. The van der Waals surface area contributed by atoms with Gasteiger partial charge in [-0.15, -0.1) is 0 Å². The van der Waals surface area contributed by atoms with Crippen molar-refractivity contribution in [1.82, 2.24) is 19.7 Å². The first-order chi connectivity index (χ1) is 9.76. The lowest BCUT2D eigenvalue weighted by atomic mass is 10.5. The van der Waals surface area contributed by atoms with E-state index >= 15 is 0 Å². The maximum Gasteiger partial charge on any atom is 0.325 e. The highest BCUT2D eigenvalue weighted by atomic mass is 35.5. The van der Waals surface area contributed by atoms with Crippen LogP contribution >= 0.6 is 11.6 Å². The number of anilines is 1. The van der Waals surface area contributed by atoms with Crippen molar-refractivity contribution < 1.29 is 18.3 Å². The fourth-order valence-corrected chi connectivity index (χ4v) is 2.60. The van der Waals surface area contributed by atoms with Gasteiger partial charge in [-0.1, -0.05) is 11.6 Å². The van der Waals surface area contributed by atoms with E-state index in [9.17, 15) is 13.2 Å². The Bertz CT molecular complexity index is 768. The lowest BCUT2D eigenvalue weighted by molar-refractivity contribution is -0.137. The SMILES string of the molecule is Cc1cc(Cl)nc(NS(=O)(=O)c2cnn(CC(=O)O)c2)n1. The van der Waals surface area contributed by atoms with Crippen LogP contribution < -0.4 is 4.72 Å². The number of hydrogen-bond acceptors (Lipinski definition) is 6. The smallest absolute Gasteiger partial charge is 0.325 e. The van der Waals surface area contributed by atoms with Crippen LogP contribution in [0.2, 0.25) is 5.15 Å². The molecule has 21 heavy (non-hydrogen) atoms. The molecule has 0 radical (unpaired) electrons. The van der Waals surface area contributed by atoms with E-state index in [0.29, 0.717) is 5.69 Å². The number of carbonyl (C=O) groups is 1. The van der Waals surface area contributed by atoms with Crippen molar-refractivity contribution in [2.24, 2.45) is 0 Å². The van der Waals surface area contributed by atoms with E-state index < -0.39 is 22.5 Å². The van der Waals surface area contributed by atoms with E-state index in [-0.39, 0.29) is 16.0 Å². The van der Waals surface area contributed by atoms with Crippen LogP contribution in [0.1, 0.15) is 5.69 Å². The Balaban J connectivity index is 2.25. The van der Waals surface area contributed by atoms with Crippen LogP contribution in [0, 0.1) is 6.92 Å². The van der Waals surface area contributed by atoms with Crippen molar-refractivity contribution in [2.75, 3.05) is 4.72 Å². The summed E-state index contributed by atoms with van der Waals surface area (Å²) in [5.41, 5.74) is 0.495. The van der Waals surface area contributed by atoms with Crippen molar-refractivity contribution in [3.05, 3.63) is 29.3 Å². The van der Waals surface area contributed by atoms with Gasteiger partial charge in [0.05, 0.1) is 6.20 Å².